The number of carbonyl (C=O) groups is 4. The number of amides is 3. The van der Waals surface area contributed by atoms with Crippen molar-refractivity contribution < 1.29 is 23.9 Å². The zero-order valence-electron chi connectivity index (χ0n) is 15.1. The lowest BCUT2D eigenvalue weighted by Crippen LogP contribution is -2.35. The third-order valence-electron chi connectivity index (χ3n) is 4.05. The lowest BCUT2D eigenvalue weighted by atomic mass is 10.1. The Morgan fingerprint density at radius 2 is 1.59 bits per heavy atom. The van der Waals surface area contributed by atoms with Gasteiger partial charge in [0, 0.05) is 26.1 Å². The smallest absolute Gasteiger partial charge is 0.306 e. The van der Waals surface area contributed by atoms with E-state index in [1.807, 2.05) is 0 Å². The van der Waals surface area contributed by atoms with Crippen LogP contribution in [0.4, 0.5) is 0 Å². The molecule has 27 heavy (non-hydrogen) atoms. The predicted molar refractivity (Wildman–Crippen MR) is 99.0 cm³/mol. The Bertz CT molecular complexity index is 726. The van der Waals surface area contributed by atoms with Crippen LogP contribution in [0.1, 0.15) is 33.6 Å². The molecular weight excluding hydrogens is 348 g/mol. The normalized spacial score (nSPS) is 12.5. The summed E-state index contributed by atoms with van der Waals surface area (Å²) in [5, 5.41) is 0. The first-order valence-corrected chi connectivity index (χ1v) is 8.60. The monoisotopic (exact) mass is 370 g/mol. The van der Waals surface area contributed by atoms with Crippen LogP contribution in [-0.4, -0.2) is 59.7 Å². The zero-order valence-corrected chi connectivity index (χ0v) is 15.1. The van der Waals surface area contributed by atoms with Crippen molar-refractivity contribution in [1.82, 2.24) is 9.80 Å². The highest BCUT2D eigenvalue weighted by Crippen LogP contribution is 2.22. The van der Waals surface area contributed by atoms with Gasteiger partial charge in [-0.3, -0.25) is 24.1 Å². The molecule has 7 nitrogen and oxygen atoms in total. The van der Waals surface area contributed by atoms with E-state index in [2.05, 4.69) is 13.2 Å². The molecule has 1 aliphatic rings. The van der Waals surface area contributed by atoms with Gasteiger partial charge in [-0.1, -0.05) is 24.3 Å². The van der Waals surface area contributed by atoms with Crippen molar-refractivity contribution in [2.24, 2.45) is 0 Å². The number of esters is 1. The number of rotatable bonds is 10. The first-order chi connectivity index (χ1) is 13.0. The Labute approximate surface area is 157 Å². The van der Waals surface area contributed by atoms with Crippen LogP contribution < -0.4 is 0 Å². The number of carbonyl (C=O) groups excluding carboxylic acids is 4. The molecular formula is C20H22N2O5. The molecule has 0 radical (unpaired) electrons. The van der Waals surface area contributed by atoms with Crippen LogP contribution >= 0.6 is 0 Å². The number of fused-ring (bicyclic) bond motifs is 1. The summed E-state index contributed by atoms with van der Waals surface area (Å²) in [7, 11) is 0. The minimum Gasteiger partial charge on any atom is -0.456 e. The third kappa shape index (κ3) is 4.91. The van der Waals surface area contributed by atoms with Gasteiger partial charge in [-0.15, -0.1) is 13.2 Å². The van der Waals surface area contributed by atoms with Crippen molar-refractivity contribution in [1.29, 1.82) is 0 Å². The standard InChI is InChI=1S/C20H22N2O5/c1-3-11-21(12-4-2)17(23)14-27-18(24)10-7-13-22-19(25)15-8-5-6-9-16(15)20(22)26/h3-6,8-9H,1-2,7,10-14H2. The topological polar surface area (TPSA) is 84.0 Å². The number of nitrogens with zero attached hydrogens (tertiary/aromatic N) is 2. The molecule has 0 N–H and O–H groups in total. The van der Waals surface area contributed by atoms with Crippen LogP contribution in [-0.2, 0) is 14.3 Å². The third-order valence-corrected chi connectivity index (χ3v) is 4.05. The van der Waals surface area contributed by atoms with Crippen LogP contribution in [0, 0.1) is 0 Å². The van der Waals surface area contributed by atoms with Crippen molar-refractivity contribution in [2.75, 3.05) is 26.2 Å². The summed E-state index contributed by atoms with van der Waals surface area (Å²) >= 11 is 0. The molecule has 0 fully saturated rings. The minimum atomic E-state index is -0.558. The molecule has 0 aliphatic carbocycles. The lowest BCUT2D eigenvalue weighted by molar-refractivity contribution is -0.151. The molecule has 3 amide bonds. The summed E-state index contributed by atoms with van der Waals surface area (Å²) in [6.07, 6.45) is 3.42. The van der Waals surface area contributed by atoms with Gasteiger partial charge in [0.1, 0.15) is 0 Å². The van der Waals surface area contributed by atoms with Gasteiger partial charge in [0.25, 0.3) is 17.7 Å². The van der Waals surface area contributed by atoms with E-state index in [-0.39, 0.29) is 43.7 Å². The number of ether oxygens (including phenoxy) is 1. The van der Waals surface area contributed by atoms with E-state index in [0.29, 0.717) is 24.2 Å². The van der Waals surface area contributed by atoms with Crippen LogP contribution in [0.5, 0.6) is 0 Å². The second-order valence-corrected chi connectivity index (χ2v) is 5.95. The van der Waals surface area contributed by atoms with Gasteiger partial charge in [-0.25, -0.2) is 0 Å². The van der Waals surface area contributed by atoms with E-state index in [9.17, 15) is 19.2 Å². The molecule has 0 saturated heterocycles. The SMILES string of the molecule is C=CCN(CC=C)C(=O)COC(=O)CCCN1C(=O)c2ccccc2C1=O. The predicted octanol–water partition coefficient (Wildman–Crippen LogP) is 1.81. The number of hydrogen-bond donors (Lipinski definition) is 0. The van der Waals surface area contributed by atoms with Gasteiger partial charge in [-0.2, -0.15) is 0 Å². The van der Waals surface area contributed by atoms with E-state index in [0.717, 1.165) is 4.90 Å². The van der Waals surface area contributed by atoms with Gasteiger partial charge < -0.3 is 9.64 Å². The van der Waals surface area contributed by atoms with Crippen LogP contribution in [0.25, 0.3) is 0 Å². The molecule has 0 saturated carbocycles. The van der Waals surface area contributed by atoms with E-state index in [4.69, 9.17) is 4.74 Å². The van der Waals surface area contributed by atoms with E-state index >= 15 is 0 Å². The highest BCUT2D eigenvalue weighted by atomic mass is 16.5. The molecule has 0 unspecified atom stereocenters. The molecule has 0 aromatic heterocycles. The maximum atomic E-state index is 12.2. The average molecular weight is 370 g/mol. The maximum Gasteiger partial charge on any atom is 0.306 e. The minimum absolute atomic E-state index is 0.00357. The molecule has 1 heterocycles. The summed E-state index contributed by atoms with van der Waals surface area (Å²) in [4.78, 5) is 50.8. The van der Waals surface area contributed by atoms with Crippen molar-refractivity contribution in [2.45, 2.75) is 12.8 Å². The fourth-order valence-electron chi connectivity index (χ4n) is 2.72. The second-order valence-electron chi connectivity index (χ2n) is 5.95. The molecule has 1 aliphatic heterocycles. The summed E-state index contributed by atoms with van der Waals surface area (Å²) < 4.78 is 4.97. The number of hydrogen-bond acceptors (Lipinski definition) is 5. The molecule has 0 atom stereocenters. The Morgan fingerprint density at radius 3 is 2.11 bits per heavy atom. The number of imide groups is 1. The quantitative estimate of drug-likeness (QED) is 0.356. The Morgan fingerprint density at radius 1 is 1.04 bits per heavy atom. The first kappa shape index (κ1) is 20.1. The average Bonchev–Trinajstić information content (AvgIpc) is 2.91. The number of benzene rings is 1. The van der Waals surface area contributed by atoms with E-state index in [1.165, 1.54) is 4.90 Å². The fourth-order valence-corrected chi connectivity index (χ4v) is 2.72. The van der Waals surface area contributed by atoms with Crippen molar-refractivity contribution >= 4 is 23.7 Å². The summed E-state index contributed by atoms with van der Waals surface area (Å²) in [6.45, 7) is 7.56. The Hall–Kier alpha value is -3.22. The Kier molecular flexibility index (Phi) is 7.05. The highest BCUT2D eigenvalue weighted by Gasteiger charge is 2.34. The zero-order chi connectivity index (χ0) is 19.8. The summed E-state index contributed by atoms with van der Waals surface area (Å²) in [5.74, 6) is -1.62. The second kappa shape index (κ2) is 9.47. The fraction of sp³-hybridized carbons (Fsp3) is 0.300. The molecule has 142 valence electrons. The van der Waals surface area contributed by atoms with Crippen molar-refractivity contribution in [3.8, 4) is 0 Å². The molecule has 1 aromatic rings. The van der Waals surface area contributed by atoms with Gasteiger partial charge in [0.15, 0.2) is 6.61 Å². The molecule has 0 bridgehead atoms. The molecule has 0 spiro atoms. The van der Waals surface area contributed by atoms with Crippen molar-refractivity contribution in [3.05, 3.63) is 60.7 Å². The Balaban J connectivity index is 1.76. The van der Waals surface area contributed by atoms with Gasteiger partial charge in [-0.05, 0) is 18.6 Å². The van der Waals surface area contributed by atoms with Gasteiger partial charge in [0.05, 0.1) is 11.1 Å². The van der Waals surface area contributed by atoms with Crippen molar-refractivity contribution in [3.63, 3.8) is 0 Å². The molecule has 2 rings (SSSR count). The maximum absolute atomic E-state index is 12.2. The highest BCUT2D eigenvalue weighted by molar-refractivity contribution is 6.21. The largest absolute Gasteiger partial charge is 0.456 e. The van der Waals surface area contributed by atoms with Gasteiger partial charge in [0.2, 0.25) is 0 Å². The van der Waals surface area contributed by atoms with Crippen LogP contribution in [0.3, 0.4) is 0 Å². The summed E-state index contributed by atoms with van der Waals surface area (Å²) in [5.41, 5.74) is 0.750. The van der Waals surface area contributed by atoms with Crippen LogP contribution in [0.15, 0.2) is 49.6 Å². The first-order valence-electron chi connectivity index (χ1n) is 8.60. The lowest BCUT2D eigenvalue weighted by Gasteiger charge is -2.19. The van der Waals surface area contributed by atoms with Crippen LogP contribution in [0.2, 0.25) is 0 Å². The summed E-state index contributed by atoms with van der Waals surface area (Å²) in [6, 6.07) is 6.61. The van der Waals surface area contributed by atoms with Gasteiger partial charge >= 0.3 is 5.97 Å². The molecule has 1 aromatic carbocycles. The molecule has 7 heteroatoms. The van der Waals surface area contributed by atoms with E-state index < -0.39 is 5.97 Å². The van der Waals surface area contributed by atoms with E-state index in [1.54, 1.807) is 36.4 Å².